The summed E-state index contributed by atoms with van der Waals surface area (Å²) in [6, 6.07) is 4.12. The van der Waals surface area contributed by atoms with E-state index in [-0.39, 0.29) is 5.95 Å². The van der Waals surface area contributed by atoms with E-state index in [2.05, 4.69) is 14.8 Å². The lowest BCUT2D eigenvalue weighted by atomic mass is 10.1. The number of ether oxygens (including phenoxy) is 1. The van der Waals surface area contributed by atoms with E-state index < -0.39 is 0 Å². The van der Waals surface area contributed by atoms with Crippen LogP contribution >= 0.6 is 0 Å². The zero-order valence-corrected chi connectivity index (χ0v) is 11.3. The molecule has 0 aliphatic carbocycles. The van der Waals surface area contributed by atoms with E-state index in [0.29, 0.717) is 6.04 Å². The number of hydrogen-bond donors (Lipinski definition) is 0. The van der Waals surface area contributed by atoms with Crippen molar-refractivity contribution in [2.24, 2.45) is 0 Å². The predicted octanol–water partition coefficient (Wildman–Crippen LogP) is 1.30. The lowest BCUT2D eigenvalue weighted by molar-refractivity contribution is -0.0661. The van der Waals surface area contributed by atoms with E-state index >= 15 is 0 Å². The Labute approximate surface area is 113 Å². The molecule has 19 heavy (non-hydrogen) atoms. The summed E-state index contributed by atoms with van der Waals surface area (Å²) in [6.07, 6.45) is 0.839. The largest absolute Gasteiger partial charge is 0.378 e. The molecule has 2 fully saturated rings. The maximum Gasteiger partial charge on any atom is 0.215 e. The number of halogens is 1. The van der Waals surface area contributed by atoms with E-state index in [9.17, 15) is 4.39 Å². The number of anilines is 1. The van der Waals surface area contributed by atoms with Gasteiger partial charge >= 0.3 is 0 Å². The third kappa shape index (κ3) is 2.72. The molecule has 0 saturated carbocycles. The molecule has 104 valence electrons. The van der Waals surface area contributed by atoms with Crippen LogP contribution in [0.25, 0.3) is 0 Å². The molecule has 0 N–H and O–H groups in total. The molecule has 0 spiro atoms. The number of rotatable bonds is 3. The van der Waals surface area contributed by atoms with Gasteiger partial charge in [-0.25, -0.2) is 4.98 Å². The molecule has 2 saturated heterocycles. The van der Waals surface area contributed by atoms with Crippen molar-refractivity contribution in [3.8, 4) is 0 Å². The Hall–Kier alpha value is -1.20. The summed E-state index contributed by atoms with van der Waals surface area (Å²) in [6.45, 7) is 7.59. The Morgan fingerprint density at radius 2 is 2.00 bits per heavy atom. The first-order chi connectivity index (χ1) is 9.26. The first-order valence-electron chi connectivity index (χ1n) is 6.99. The molecule has 3 heterocycles. The molecule has 0 bridgehead atoms. The minimum atomic E-state index is -0.371. The predicted molar refractivity (Wildman–Crippen MR) is 72.0 cm³/mol. The van der Waals surface area contributed by atoms with Crippen molar-refractivity contribution in [3.05, 3.63) is 23.6 Å². The van der Waals surface area contributed by atoms with Gasteiger partial charge in [-0.05, 0) is 24.1 Å². The van der Waals surface area contributed by atoms with Crippen molar-refractivity contribution in [2.75, 3.05) is 44.3 Å². The van der Waals surface area contributed by atoms with Gasteiger partial charge in [0.25, 0.3) is 0 Å². The second kappa shape index (κ2) is 5.43. The maximum atomic E-state index is 13.5. The number of nitrogens with zero attached hydrogens (tertiary/aromatic N) is 3. The second-order valence-corrected chi connectivity index (χ2v) is 5.22. The lowest BCUT2D eigenvalue weighted by Crippen LogP contribution is -2.56. The SMILES string of the molecule is CCc1cc(F)nc(N2CCN(C3COC3)CC2)c1. The van der Waals surface area contributed by atoms with Crippen molar-refractivity contribution < 1.29 is 9.13 Å². The Morgan fingerprint density at radius 3 is 2.58 bits per heavy atom. The monoisotopic (exact) mass is 265 g/mol. The number of hydrogen-bond acceptors (Lipinski definition) is 4. The average Bonchev–Trinajstić information content (AvgIpc) is 2.37. The first-order valence-corrected chi connectivity index (χ1v) is 6.99. The molecule has 1 aromatic rings. The Kier molecular flexibility index (Phi) is 3.66. The summed E-state index contributed by atoms with van der Waals surface area (Å²) in [5, 5.41) is 0. The first kappa shape index (κ1) is 12.8. The molecule has 0 atom stereocenters. The summed E-state index contributed by atoms with van der Waals surface area (Å²) >= 11 is 0. The molecule has 0 amide bonds. The van der Waals surface area contributed by atoms with Crippen LogP contribution in [0, 0.1) is 5.95 Å². The van der Waals surface area contributed by atoms with E-state index in [1.165, 1.54) is 6.07 Å². The summed E-state index contributed by atoms with van der Waals surface area (Å²) in [7, 11) is 0. The Balaban J connectivity index is 1.65. The summed E-state index contributed by atoms with van der Waals surface area (Å²) < 4.78 is 18.7. The van der Waals surface area contributed by atoms with Crippen LogP contribution in [0.2, 0.25) is 0 Å². The highest BCUT2D eigenvalue weighted by Gasteiger charge is 2.29. The smallest absolute Gasteiger partial charge is 0.215 e. The lowest BCUT2D eigenvalue weighted by Gasteiger charge is -2.42. The summed E-state index contributed by atoms with van der Waals surface area (Å²) in [4.78, 5) is 8.66. The third-order valence-electron chi connectivity index (χ3n) is 4.02. The van der Waals surface area contributed by atoms with Crippen LogP contribution in [0.5, 0.6) is 0 Å². The van der Waals surface area contributed by atoms with Gasteiger partial charge in [-0.1, -0.05) is 6.92 Å². The van der Waals surface area contributed by atoms with E-state index in [1.54, 1.807) is 0 Å². The van der Waals surface area contributed by atoms with Crippen molar-refractivity contribution >= 4 is 5.82 Å². The normalized spacial score (nSPS) is 21.5. The molecule has 2 aliphatic heterocycles. The molecule has 3 rings (SSSR count). The second-order valence-electron chi connectivity index (χ2n) is 5.22. The van der Waals surface area contributed by atoms with Gasteiger partial charge in [0.05, 0.1) is 19.3 Å². The van der Waals surface area contributed by atoms with Crippen molar-refractivity contribution in [2.45, 2.75) is 19.4 Å². The zero-order valence-electron chi connectivity index (χ0n) is 11.3. The van der Waals surface area contributed by atoms with Gasteiger partial charge in [-0.15, -0.1) is 0 Å². The number of pyridine rings is 1. The standard InChI is InChI=1S/C14H20FN3O/c1-2-11-7-13(15)16-14(8-11)18-5-3-17(4-6-18)12-9-19-10-12/h7-8,12H,2-6,9-10H2,1H3. The topological polar surface area (TPSA) is 28.6 Å². The highest BCUT2D eigenvalue weighted by Crippen LogP contribution is 2.19. The van der Waals surface area contributed by atoms with E-state index in [4.69, 9.17) is 4.74 Å². The minimum Gasteiger partial charge on any atom is -0.378 e. The van der Waals surface area contributed by atoms with Gasteiger partial charge in [0.15, 0.2) is 0 Å². The number of piperazine rings is 1. The van der Waals surface area contributed by atoms with Crippen LogP contribution in [0.3, 0.4) is 0 Å². The van der Waals surface area contributed by atoms with Crippen LogP contribution in [0.15, 0.2) is 12.1 Å². The Morgan fingerprint density at radius 1 is 1.26 bits per heavy atom. The van der Waals surface area contributed by atoms with Crippen LogP contribution in [-0.2, 0) is 11.2 Å². The molecular weight excluding hydrogens is 245 g/mol. The zero-order chi connectivity index (χ0) is 13.2. The summed E-state index contributed by atoms with van der Waals surface area (Å²) in [5.41, 5.74) is 1.01. The van der Waals surface area contributed by atoms with Gasteiger partial charge in [0, 0.05) is 26.2 Å². The quantitative estimate of drug-likeness (QED) is 0.770. The average molecular weight is 265 g/mol. The highest BCUT2D eigenvalue weighted by molar-refractivity contribution is 5.42. The van der Waals surface area contributed by atoms with Gasteiger partial charge in [-0.2, -0.15) is 4.39 Å². The molecule has 1 aromatic heterocycles. The molecule has 0 radical (unpaired) electrons. The number of aryl methyl sites for hydroxylation is 1. The molecule has 5 heteroatoms. The molecule has 4 nitrogen and oxygen atoms in total. The fourth-order valence-corrected chi connectivity index (χ4v) is 2.65. The fraction of sp³-hybridized carbons (Fsp3) is 0.643. The third-order valence-corrected chi connectivity index (χ3v) is 4.02. The number of aromatic nitrogens is 1. The van der Waals surface area contributed by atoms with Crippen molar-refractivity contribution in [3.63, 3.8) is 0 Å². The minimum absolute atomic E-state index is 0.371. The van der Waals surface area contributed by atoms with Gasteiger partial charge < -0.3 is 9.64 Å². The van der Waals surface area contributed by atoms with Gasteiger partial charge in [-0.3, -0.25) is 4.90 Å². The highest BCUT2D eigenvalue weighted by atomic mass is 19.1. The maximum absolute atomic E-state index is 13.5. The molecule has 2 aliphatic rings. The molecule has 0 unspecified atom stereocenters. The van der Waals surface area contributed by atoms with Crippen molar-refractivity contribution in [1.29, 1.82) is 0 Å². The van der Waals surface area contributed by atoms with Crippen molar-refractivity contribution in [1.82, 2.24) is 9.88 Å². The van der Waals surface area contributed by atoms with Gasteiger partial charge in [0.1, 0.15) is 5.82 Å². The summed E-state index contributed by atoms with van der Waals surface area (Å²) in [5.74, 6) is 0.408. The van der Waals surface area contributed by atoms with Gasteiger partial charge in [0.2, 0.25) is 5.95 Å². The molecular formula is C14H20FN3O. The molecule has 0 aromatic carbocycles. The van der Waals surface area contributed by atoms with Crippen LogP contribution in [0.4, 0.5) is 10.2 Å². The van der Waals surface area contributed by atoms with E-state index in [0.717, 1.165) is 57.2 Å². The Bertz CT molecular complexity index is 442. The van der Waals surface area contributed by atoms with Crippen LogP contribution < -0.4 is 4.90 Å². The van der Waals surface area contributed by atoms with E-state index in [1.807, 2.05) is 13.0 Å². The van der Waals surface area contributed by atoms with Crippen LogP contribution in [-0.4, -0.2) is 55.3 Å². The fourth-order valence-electron chi connectivity index (χ4n) is 2.65. The van der Waals surface area contributed by atoms with Crippen LogP contribution in [0.1, 0.15) is 12.5 Å².